The van der Waals surface area contributed by atoms with Crippen LogP contribution >= 0.6 is 12.4 Å². The summed E-state index contributed by atoms with van der Waals surface area (Å²) in [6.07, 6.45) is 0.0591. The molecule has 0 radical (unpaired) electrons. The van der Waals surface area contributed by atoms with Crippen LogP contribution < -0.4 is 10.5 Å². The molecule has 0 saturated heterocycles. The Morgan fingerprint density at radius 1 is 1.38 bits per heavy atom. The molecule has 0 fully saturated rings. The van der Waals surface area contributed by atoms with Crippen LogP contribution in [-0.2, 0) is 0 Å². The van der Waals surface area contributed by atoms with Crippen LogP contribution in [0.15, 0.2) is 24.3 Å². The van der Waals surface area contributed by atoms with E-state index in [0.717, 1.165) is 0 Å². The molecule has 1 atom stereocenters. The number of ether oxygens (including phenoxy) is 1. The summed E-state index contributed by atoms with van der Waals surface area (Å²) in [5.74, 6) is 0.0234. The van der Waals surface area contributed by atoms with Crippen molar-refractivity contribution in [3.05, 3.63) is 29.8 Å². The van der Waals surface area contributed by atoms with Crippen molar-refractivity contribution >= 4 is 12.4 Å². The van der Waals surface area contributed by atoms with Crippen LogP contribution in [0.25, 0.3) is 0 Å². The fraction of sp³-hybridized carbons (Fsp3) is 0.300. The molecule has 0 bridgehead atoms. The Morgan fingerprint density at radius 2 is 2.00 bits per heavy atom. The molecule has 0 unspecified atom stereocenters. The molecular formula is C10H11ClF2N2O. The van der Waals surface area contributed by atoms with E-state index < -0.39 is 12.7 Å². The van der Waals surface area contributed by atoms with E-state index in [1.807, 2.05) is 6.07 Å². The van der Waals surface area contributed by atoms with Gasteiger partial charge in [-0.15, -0.1) is 12.4 Å². The highest BCUT2D eigenvalue weighted by Crippen LogP contribution is 2.26. The highest BCUT2D eigenvalue weighted by molar-refractivity contribution is 5.85. The second-order valence-electron chi connectivity index (χ2n) is 2.89. The van der Waals surface area contributed by atoms with Crippen LogP contribution in [0, 0.1) is 11.3 Å². The van der Waals surface area contributed by atoms with E-state index in [4.69, 9.17) is 11.0 Å². The standard InChI is InChI=1S/C10H10F2N2O.ClH/c11-10(12)15-9-4-2-1-3-7(9)8(14)5-6-13;/h1-4,8,10H,5,14H2;1H/t8-;/m0./s1. The Morgan fingerprint density at radius 3 is 2.56 bits per heavy atom. The van der Waals surface area contributed by atoms with E-state index in [0.29, 0.717) is 5.56 Å². The fourth-order valence-corrected chi connectivity index (χ4v) is 1.20. The fourth-order valence-electron chi connectivity index (χ4n) is 1.20. The predicted octanol–water partition coefficient (Wildman–Crippen LogP) is 2.62. The van der Waals surface area contributed by atoms with Crippen molar-refractivity contribution in [2.24, 2.45) is 5.73 Å². The third-order valence-corrected chi connectivity index (χ3v) is 1.85. The van der Waals surface area contributed by atoms with Crippen LogP contribution in [0.5, 0.6) is 5.75 Å². The first-order valence-corrected chi connectivity index (χ1v) is 4.31. The van der Waals surface area contributed by atoms with E-state index in [9.17, 15) is 8.78 Å². The van der Waals surface area contributed by atoms with Crippen LogP contribution in [0.2, 0.25) is 0 Å². The normalized spacial score (nSPS) is 11.4. The maximum atomic E-state index is 12.0. The van der Waals surface area contributed by atoms with Crippen molar-refractivity contribution in [2.75, 3.05) is 0 Å². The molecule has 16 heavy (non-hydrogen) atoms. The molecule has 1 aromatic rings. The summed E-state index contributed by atoms with van der Waals surface area (Å²) >= 11 is 0. The lowest BCUT2D eigenvalue weighted by Gasteiger charge is -2.13. The zero-order valence-corrected chi connectivity index (χ0v) is 9.08. The minimum absolute atomic E-state index is 0. The smallest absolute Gasteiger partial charge is 0.387 e. The molecule has 0 saturated carbocycles. The molecule has 6 heteroatoms. The van der Waals surface area contributed by atoms with E-state index >= 15 is 0 Å². The topological polar surface area (TPSA) is 59.0 Å². The largest absolute Gasteiger partial charge is 0.434 e. The van der Waals surface area contributed by atoms with E-state index in [2.05, 4.69) is 4.74 Å². The molecule has 0 aromatic heterocycles. The minimum Gasteiger partial charge on any atom is -0.434 e. The van der Waals surface area contributed by atoms with Crippen molar-refractivity contribution in [2.45, 2.75) is 19.1 Å². The van der Waals surface area contributed by atoms with Crippen LogP contribution in [0.1, 0.15) is 18.0 Å². The van der Waals surface area contributed by atoms with Crippen molar-refractivity contribution < 1.29 is 13.5 Å². The van der Waals surface area contributed by atoms with Gasteiger partial charge in [-0.25, -0.2) is 0 Å². The van der Waals surface area contributed by atoms with Gasteiger partial charge in [0.25, 0.3) is 0 Å². The second-order valence-corrected chi connectivity index (χ2v) is 2.89. The Balaban J connectivity index is 0.00000225. The maximum Gasteiger partial charge on any atom is 0.387 e. The van der Waals surface area contributed by atoms with Gasteiger partial charge in [0.15, 0.2) is 0 Å². The molecule has 1 aromatic carbocycles. The summed E-state index contributed by atoms with van der Waals surface area (Å²) in [7, 11) is 0. The molecular weight excluding hydrogens is 238 g/mol. The van der Waals surface area contributed by atoms with E-state index in [1.54, 1.807) is 18.2 Å². The zero-order chi connectivity index (χ0) is 11.3. The number of nitriles is 1. The molecule has 2 N–H and O–H groups in total. The van der Waals surface area contributed by atoms with Crippen LogP contribution in [-0.4, -0.2) is 6.61 Å². The van der Waals surface area contributed by atoms with Crippen molar-refractivity contribution in [3.8, 4) is 11.8 Å². The van der Waals surface area contributed by atoms with Gasteiger partial charge >= 0.3 is 6.61 Å². The van der Waals surface area contributed by atoms with Gasteiger partial charge in [0.05, 0.1) is 12.5 Å². The lowest BCUT2D eigenvalue weighted by molar-refractivity contribution is -0.0506. The van der Waals surface area contributed by atoms with Gasteiger partial charge in [0.1, 0.15) is 5.75 Å². The summed E-state index contributed by atoms with van der Waals surface area (Å²) in [5.41, 5.74) is 6.05. The minimum atomic E-state index is -2.89. The molecule has 0 aliphatic heterocycles. The molecule has 0 amide bonds. The molecule has 0 spiro atoms. The van der Waals surface area contributed by atoms with Gasteiger partial charge in [0, 0.05) is 11.6 Å². The van der Waals surface area contributed by atoms with Crippen molar-refractivity contribution in [3.63, 3.8) is 0 Å². The van der Waals surface area contributed by atoms with Gasteiger partial charge < -0.3 is 10.5 Å². The third-order valence-electron chi connectivity index (χ3n) is 1.85. The van der Waals surface area contributed by atoms with Crippen molar-refractivity contribution in [1.82, 2.24) is 0 Å². The number of hydrogen-bond acceptors (Lipinski definition) is 3. The molecule has 0 aliphatic carbocycles. The molecule has 1 rings (SSSR count). The summed E-state index contributed by atoms with van der Waals surface area (Å²) in [5, 5.41) is 8.45. The number of rotatable bonds is 4. The molecule has 0 aliphatic rings. The average Bonchev–Trinajstić information content (AvgIpc) is 2.18. The number of alkyl halides is 2. The lowest BCUT2D eigenvalue weighted by Crippen LogP contribution is -2.12. The van der Waals surface area contributed by atoms with Crippen molar-refractivity contribution in [1.29, 1.82) is 5.26 Å². The summed E-state index contributed by atoms with van der Waals surface area (Å²) < 4.78 is 28.3. The summed E-state index contributed by atoms with van der Waals surface area (Å²) in [6.45, 7) is -2.89. The third kappa shape index (κ3) is 4.01. The van der Waals surface area contributed by atoms with Gasteiger partial charge in [0.2, 0.25) is 0 Å². The monoisotopic (exact) mass is 248 g/mol. The molecule has 88 valence electrons. The SMILES string of the molecule is Cl.N#CC[C@H](N)c1ccccc1OC(F)F. The average molecular weight is 249 g/mol. The van der Waals surface area contributed by atoms with E-state index in [-0.39, 0.29) is 24.6 Å². The quantitative estimate of drug-likeness (QED) is 0.891. The Bertz CT molecular complexity index is 368. The first-order valence-electron chi connectivity index (χ1n) is 4.31. The van der Waals surface area contributed by atoms with Gasteiger partial charge in [-0.05, 0) is 6.07 Å². The first kappa shape index (κ1) is 14.6. The number of benzene rings is 1. The predicted molar refractivity (Wildman–Crippen MR) is 57.5 cm³/mol. The highest BCUT2D eigenvalue weighted by Gasteiger charge is 2.14. The second kappa shape index (κ2) is 6.99. The van der Waals surface area contributed by atoms with Crippen LogP contribution in [0.4, 0.5) is 8.78 Å². The van der Waals surface area contributed by atoms with Gasteiger partial charge in [-0.3, -0.25) is 0 Å². The lowest BCUT2D eigenvalue weighted by atomic mass is 10.0. The van der Waals surface area contributed by atoms with Gasteiger partial charge in [-0.2, -0.15) is 14.0 Å². The number of nitrogens with two attached hydrogens (primary N) is 1. The van der Waals surface area contributed by atoms with Crippen LogP contribution in [0.3, 0.4) is 0 Å². The first-order chi connectivity index (χ1) is 7.15. The Hall–Kier alpha value is -1.38. The number of para-hydroxylation sites is 1. The van der Waals surface area contributed by atoms with E-state index in [1.165, 1.54) is 6.07 Å². The number of nitrogens with zero attached hydrogens (tertiary/aromatic N) is 1. The summed E-state index contributed by atoms with van der Waals surface area (Å²) in [4.78, 5) is 0. The summed E-state index contributed by atoms with van der Waals surface area (Å²) in [6, 6.07) is 7.47. The zero-order valence-electron chi connectivity index (χ0n) is 8.27. The molecule has 3 nitrogen and oxygen atoms in total. The Labute approximate surface area is 98.2 Å². The Kier molecular flexibility index (Phi) is 6.38. The highest BCUT2D eigenvalue weighted by atomic mass is 35.5. The molecule has 0 heterocycles. The number of halogens is 3. The maximum absolute atomic E-state index is 12.0. The number of hydrogen-bond donors (Lipinski definition) is 1. The van der Waals surface area contributed by atoms with Gasteiger partial charge in [-0.1, -0.05) is 18.2 Å².